The van der Waals surface area contributed by atoms with Crippen LogP contribution in [0.1, 0.15) is 30.5 Å². The lowest BCUT2D eigenvalue weighted by Gasteiger charge is -2.21. The first-order valence-corrected chi connectivity index (χ1v) is 5.77. The molecule has 1 unspecified atom stereocenters. The van der Waals surface area contributed by atoms with Gasteiger partial charge < -0.3 is 9.84 Å². The van der Waals surface area contributed by atoms with E-state index in [0.717, 1.165) is 11.1 Å². The molecule has 0 spiro atoms. The minimum Gasteiger partial charge on any atom is -0.478 e. The molecule has 0 heterocycles. The molecule has 0 aliphatic carbocycles. The third-order valence-electron chi connectivity index (χ3n) is 2.68. The molecule has 0 aliphatic rings. The quantitative estimate of drug-likeness (QED) is 0.888. The van der Waals surface area contributed by atoms with Crippen molar-refractivity contribution in [3.8, 4) is 11.8 Å². The van der Waals surface area contributed by atoms with Gasteiger partial charge in [0.25, 0.3) is 0 Å². The van der Waals surface area contributed by atoms with E-state index < -0.39 is 12.1 Å². The summed E-state index contributed by atoms with van der Waals surface area (Å²) in [6.07, 6.45) is -0.879. The van der Waals surface area contributed by atoms with Crippen LogP contribution in [0.15, 0.2) is 12.1 Å². The number of nitriles is 1. The lowest BCUT2D eigenvalue weighted by Crippen LogP contribution is -2.32. The first-order valence-electron chi connectivity index (χ1n) is 5.77. The fourth-order valence-electron chi connectivity index (χ4n) is 1.80. The van der Waals surface area contributed by atoms with Crippen LogP contribution in [-0.4, -0.2) is 17.2 Å². The minimum absolute atomic E-state index is 0.128. The Morgan fingerprint density at radius 3 is 2.17 bits per heavy atom. The second kappa shape index (κ2) is 5.54. The van der Waals surface area contributed by atoms with Crippen LogP contribution < -0.4 is 4.74 Å². The third kappa shape index (κ3) is 3.01. The number of benzene rings is 1. The number of carbonyl (C=O) groups is 1. The predicted octanol–water partition coefficient (Wildman–Crippen LogP) is 2.66. The molecular formula is C14H17NO3. The molecule has 4 nitrogen and oxygen atoms in total. The van der Waals surface area contributed by atoms with Gasteiger partial charge >= 0.3 is 5.97 Å². The van der Waals surface area contributed by atoms with Crippen molar-refractivity contribution in [3.05, 3.63) is 28.8 Å². The van der Waals surface area contributed by atoms with Gasteiger partial charge in [-0.1, -0.05) is 13.8 Å². The molecule has 1 N–H and O–H groups in total. The van der Waals surface area contributed by atoms with Crippen LogP contribution in [0.2, 0.25) is 0 Å². The van der Waals surface area contributed by atoms with E-state index in [4.69, 9.17) is 15.1 Å². The molecule has 18 heavy (non-hydrogen) atoms. The molecule has 0 aromatic heterocycles. The van der Waals surface area contributed by atoms with E-state index >= 15 is 0 Å². The highest BCUT2D eigenvalue weighted by Gasteiger charge is 2.24. The second-order valence-electron chi connectivity index (χ2n) is 4.67. The van der Waals surface area contributed by atoms with Gasteiger partial charge in [-0.2, -0.15) is 5.26 Å². The molecule has 0 saturated carbocycles. The molecule has 0 radical (unpaired) electrons. The Morgan fingerprint density at radius 2 is 1.83 bits per heavy atom. The summed E-state index contributed by atoms with van der Waals surface area (Å²) in [5, 5.41) is 18.0. The number of hydrogen-bond acceptors (Lipinski definition) is 3. The van der Waals surface area contributed by atoms with Crippen LogP contribution >= 0.6 is 0 Å². The Morgan fingerprint density at radius 1 is 1.33 bits per heavy atom. The maximum atomic E-state index is 11.1. The first kappa shape index (κ1) is 14.0. The summed E-state index contributed by atoms with van der Waals surface area (Å²) in [6.45, 7) is 7.21. The summed E-state index contributed by atoms with van der Waals surface area (Å²) < 4.78 is 5.59. The van der Waals surface area contributed by atoms with E-state index in [2.05, 4.69) is 6.07 Å². The van der Waals surface area contributed by atoms with Gasteiger partial charge in [0.15, 0.2) is 6.10 Å². The number of hydrogen-bond donors (Lipinski definition) is 1. The van der Waals surface area contributed by atoms with Crippen molar-refractivity contribution in [3.63, 3.8) is 0 Å². The average Bonchev–Trinajstić information content (AvgIpc) is 2.26. The van der Waals surface area contributed by atoms with Gasteiger partial charge in [0, 0.05) is 5.92 Å². The Kier molecular flexibility index (Phi) is 4.33. The van der Waals surface area contributed by atoms with E-state index in [1.807, 2.05) is 13.8 Å². The molecule has 96 valence electrons. The summed E-state index contributed by atoms with van der Waals surface area (Å²) in [6, 6.07) is 5.45. The Labute approximate surface area is 107 Å². The molecule has 1 aromatic carbocycles. The summed E-state index contributed by atoms with van der Waals surface area (Å²) in [5.74, 6) is -0.555. The summed E-state index contributed by atoms with van der Waals surface area (Å²) in [7, 11) is 0. The zero-order chi connectivity index (χ0) is 13.9. The van der Waals surface area contributed by atoms with Crippen LogP contribution in [0.3, 0.4) is 0 Å². The van der Waals surface area contributed by atoms with Crippen molar-refractivity contribution in [2.24, 2.45) is 5.92 Å². The van der Waals surface area contributed by atoms with Gasteiger partial charge in [-0.05, 0) is 37.1 Å². The topological polar surface area (TPSA) is 70.3 Å². The summed E-state index contributed by atoms with van der Waals surface area (Å²) >= 11 is 0. The average molecular weight is 247 g/mol. The maximum Gasteiger partial charge on any atom is 0.345 e. The Bertz CT molecular complexity index is 477. The first-order chi connectivity index (χ1) is 8.36. The van der Waals surface area contributed by atoms with Crippen LogP contribution in [-0.2, 0) is 4.79 Å². The Balaban J connectivity index is 3.12. The molecule has 1 rings (SSSR count). The lowest BCUT2D eigenvalue weighted by atomic mass is 10.0. The van der Waals surface area contributed by atoms with E-state index in [0.29, 0.717) is 11.3 Å². The fourth-order valence-corrected chi connectivity index (χ4v) is 1.80. The molecule has 4 heteroatoms. The largest absolute Gasteiger partial charge is 0.478 e. The molecule has 1 aromatic rings. The SMILES string of the molecule is Cc1cc(C#N)cc(C)c1OC(C(=O)O)C(C)C. The molecule has 0 fully saturated rings. The third-order valence-corrected chi connectivity index (χ3v) is 2.68. The van der Waals surface area contributed by atoms with E-state index in [1.165, 1.54) is 0 Å². The van der Waals surface area contributed by atoms with Crippen LogP contribution in [0.5, 0.6) is 5.75 Å². The molecule has 0 aliphatic heterocycles. The standard InChI is InChI=1S/C14H17NO3/c1-8(2)12(14(16)17)18-13-9(3)5-11(7-15)6-10(13)4/h5-6,8,12H,1-4H3,(H,16,17). The van der Waals surface area contributed by atoms with Crippen LogP contribution in [0.25, 0.3) is 0 Å². The predicted molar refractivity (Wildman–Crippen MR) is 67.5 cm³/mol. The molecule has 0 amide bonds. The second-order valence-corrected chi connectivity index (χ2v) is 4.67. The van der Waals surface area contributed by atoms with Crippen LogP contribution in [0, 0.1) is 31.1 Å². The van der Waals surface area contributed by atoms with E-state index in [-0.39, 0.29) is 5.92 Å². The van der Waals surface area contributed by atoms with Crippen molar-refractivity contribution in [1.29, 1.82) is 5.26 Å². The highest BCUT2D eigenvalue weighted by molar-refractivity contribution is 5.73. The zero-order valence-electron chi connectivity index (χ0n) is 11.0. The van der Waals surface area contributed by atoms with Gasteiger partial charge in [0.1, 0.15) is 5.75 Å². The number of rotatable bonds is 4. The molecular weight excluding hydrogens is 230 g/mol. The number of carboxylic acids is 1. The van der Waals surface area contributed by atoms with Gasteiger partial charge in [-0.25, -0.2) is 4.79 Å². The van der Waals surface area contributed by atoms with Gasteiger partial charge in [-0.15, -0.1) is 0 Å². The molecule has 0 bridgehead atoms. The van der Waals surface area contributed by atoms with Crippen molar-refractivity contribution in [2.75, 3.05) is 0 Å². The fraction of sp³-hybridized carbons (Fsp3) is 0.429. The number of ether oxygens (including phenoxy) is 1. The van der Waals surface area contributed by atoms with Crippen molar-refractivity contribution in [1.82, 2.24) is 0 Å². The van der Waals surface area contributed by atoms with Crippen molar-refractivity contribution in [2.45, 2.75) is 33.8 Å². The smallest absolute Gasteiger partial charge is 0.345 e. The number of carboxylic acid groups (broad SMARTS) is 1. The highest BCUT2D eigenvalue weighted by Crippen LogP contribution is 2.27. The number of aryl methyl sites for hydroxylation is 2. The highest BCUT2D eigenvalue weighted by atomic mass is 16.5. The van der Waals surface area contributed by atoms with Gasteiger partial charge in [0.05, 0.1) is 11.6 Å². The summed E-state index contributed by atoms with van der Waals surface area (Å²) in [4.78, 5) is 11.1. The Hall–Kier alpha value is -2.02. The van der Waals surface area contributed by atoms with Crippen molar-refractivity contribution < 1.29 is 14.6 Å². The van der Waals surface area contributed by atoms with E-state index in [9.17, 15) is 4.79 Å². The summed E-state index contributed by atoms with van der Waals surface area (Å²) in [5.41, 5.74) is 2.10. The van der Waals surface area contributed by atoms with Crippen LogP contribution in [0.4, 0.5) is 0 Å². The zero-order valence-corrected chi connectivity index (χ0v) is 11.0. The molecule has 0 saturated heterocycles. The number of nitrogens with zero attached hydrogens (tertiary/aromatic N) is 1. The van der Waals surface area contributed by atoms with Crippen molar-refractivity contribution >= 4 is 5.97 Å². The maximum absolute atomic E-state index is 11.1. The molecule has 1 atom stereocenters. The van der Waals surface area contributed by atoms with Gasteiger partial charge in [0.2, 0.25) is 0 Å². The number of aliphatic carboxylic acids is 1. The van der Waals surface area contributed by atoms with Gasteiger partial charge in [-0.3, -0.25) is 0 Å². The minimum atomic E-state index is -0.979. The van der Waals surface area contributed by atoms with E-state index in [1.54, 1.807) is 26.0 Å². The monoisotopic (exact) mass is 247 g/mol. The normalized spacial score (nSPS) is 12.0. The lowest BCUT2D eigenvalue weighted by molar-refractivity contribution is -0.147.